The molecule has 2 aromatic rings. The lowest BCUT2D eigenvalue weighted by Crippen LogP contribution is -2.41. The fraction of sp³-hybridized carbons (Fsp3) is 0.421. The van der Waals surface area contributed by atoms with E-state index in [1.54, 1.807) is 30.6 Å². The van der Waals surface area contributed by atoms with Gasteiger partial charge in [-0.3, -0.25) is 4.98 Å². The highest BCUT2D eigenvalue weighted by molar-refractivity contribution is 6.62. The molecule has 4 nitrogen and oxygen atoms in total. The van der Waals surface area contributed by atoms with E-state index in [2.05, 4.69) is 4.98 Å². The Labute approximate surface area is 156 Å². The summed E-state index contributed by atoms with van der Waals surface area (Å²) < 4.78 is 57.8. The summed E-state index contributed by atoms with van der Waals surface area (Å²) in [5.41, 5.74) is -1.09. The van der Waals surface area contributed by atoms with Crippen LogP contribution in [0.3, 0.4) is 0 Å². The molecule has 8 heteroatoms. The molecule has 0 bridgehead atoms. The molecule has 0 aliphatic carbocycles. The Morgan fingerprint density at radius 2 is 1.59 bits per heavy atom. The topological polar surface area (TPSA) is 40.6 Å². The van der Waals surface area contributed by atoms with E-state index in [0.29, 0.717) is 5.46 Å². The number of halogens is 3. The number of aromatic nitrogens is 1. The Hall–Kier alpha value is -2.06. The van der Waals surface area contributed by atoms with E-state index in [0.717, 1.165) is 11.6 Å². The summed E-state index contributed by atoms with van der Waals surface area (Å²) in [6.45, 7) is 7.42. The van der Waals surface area contributed by atoms with Crippen molar-refractivity contribution >= 4 is 12.6 Å². The zero-order valence-corrected chi connectivity index (χ0v) is 15.6. The van der Waals surface area contributed by atoms with Gasteiger partial charge < -0.3 is 14.0 Å². The number of hydrogen-bond acceptors (Lipinski definition) is 4. The molecule has 0 radical (unpaired) electrons. The van der Waals surface area contributed by atoms with Crippen molar-refractivity contribution in [2.45, 2.75) is 51.7 Å². The Kier molecular flexibility index (Phi) is 4.99. The molecule has 0 atom stereocenters. The predicted octanol–water partition coefficient (Wildman–Crippen LogP) is 3.98. The van der Waals surface area contributed by atoms with E-state index in [1.807, 2.05) is 27.7 Å². The summed E-state index contributed by atoms with van der Waals surface area (Å²) in [6, 6.07) is 7.26. The van der Waals surface area contributed by atoms with Gasteiger partial charge in [-0.25, -0.2) is 0 Å². The van der Waals surface area contributed by atoms with E-state index in [4.69, 9.17) is 14.0 Å². The monoisotopic (exact) mass is 379 g/mol. The summed E-state index contributed by atoms with van der Waals surface area (Å²) in [5.74, 6) is -0.237. The van der Waals surface area contributed by atoms with Crippen molar-refractivity contribution in [1.29, 1.82) is 0 Å². The highest BCUT2D eigenvalue weighted by Gasteiger charge is 2.52. The minimum Gasteiger partial charge on any atom is -0.488 e. The summed E-state index contributed by atoms with van der Waals surface area (Å²) in [4.78, 5) is 3.87. The predicted molar refractivity (Wildman–Crippen MR) is 95.7 cm³/mol. The lowest BCUT2D eigenvalue weighted by Gasteiger charge is -2.32. The maximum absolute atomic E-state index is 13.6. The largest absolute Gasteiger partial charge is 0.494 e. The van der Waals surface area contributed by atoms with Crippen LogP contribution in [0.4, 0.5) is 13.2 Å². The molecular formula is C19H21BF3NO3. The second-order valence-electron chi connectivity index (χ2n) is 7.49. The molecular weight excluding hydrogens is 358 g/mol. The van der Waals surface area contributed by atoms with Crippen LogP contribution in [0.5, 0.6) is 5.75 Å². The smallest absolute Gasteiger partial charge is 0.488 e. The standard InChI is InChI=1S/C19H21BF3NO3/c1-17(2)18(3,4)27-20(26-17)14-5-6-16(15(11-14)19(21,22)23)25-12-13-7-9-24-10-8-13/h5-11H,12H2,1-4H3. The molecule has 1 fully saturated rings. The van der Waals surface area contributed by atoms with E-state index >= 15 is 0 Å². The third kappa shape index (κ3) is 4.11. The molecule has 144 valence electrons. The van der Waals surface area contributed by atoms with Crippen molar-refractivity contribution in [3.05, 3.63) is 53.9 Å². The normalized spacial score (nSPS) is 18.6. The molecule has 1 aromatic carbocycles. The summed E-state index contributed by atoms with van der Waals surface area (Å²) >= 11 is 0. The average Bonchev–Trinajstić information content (AvgIpc) is 2.81. The first-order chi connectivity index (χ1) is 12.5. The SMILES string of the molecule is CC1(C)OB(c2ccc(OCc3ccncc3)c(C(F)(F)F)c2)OC1(C)C. The molecule has 1 aromatic heterocycles. The molecule has 1 saturated heterocycles. The van der Waals surface area contributed by atoms with Crippen molar-refractivity contribution in [1.82, 2.24) is 4.98 Å². The van der Waals surface area contributed by atoms with Gasteiger partial charge in [0, 0.05) is 12.4 Å². The quantitative estimate of drug-likeness (QED) is 0.754. The lowest BCUT2D eigenvalue weighted by atomic mass is 9.78. The van der Waals surface area contributed by atoms with Crippen LogP contribution in [0.2, 0.25) is 0 Å². The number of rotatable bonds is 4. The molecule has 0 saturated carbocycles. The van der Waals surface area contributed by atoms with E-state index in [-0.39, 0.29) is 12.4 Å². The van der Waals surface area contributed by atoms with Crippen molar-refractivity contribution in [2.75, 3.05) is 0 Å². The zero-order chi connectivity index (χ0) is 19.9. The first-order valence-electron chi connectivity index (χ1n) is 8.58. The zero-order valence-electron chi connectivity index (χ0n) is 15.6. The van der Waals surface area contributed by atoms with Gasteiger partial charge in [-0.05, 0) is 63.0 Å². The third-order valence-electron chi connectivity index (χ3n) is 4.98. The van der Waals surface area contributed by atoms with E-state index in [9.17, 15) is 13.2 Å². The van der Waals surface area contributed by atoms with Crippen molar-refractivity contribution in [3.63, 3.8) is 0 Å². The van der Waals surface area contributed by atoms with Crippen molar-refractivity contribution in [2.24, 2.45) is 0 Å². The van der Waals surface area contributed by atoms with Crippen molar-refractivity contribution < 1.29 is 27.2 Å². The molecule has 0 amide bonds. The van der Waals surface area contributed by atoms with E-state index < -0.39 is 30.1 Å². The number of benzene rings is 1. The third-order valence-corrected chi connectivity index (χ3v) is 4.98. The van der Waals surface area contributed by atoms with Crippen LogP contribution in [-0.2, 0) is 22.1 Å². The lowest BCUT2D eigenvalue weighted by molar-refractivity contribution is -0.139. The molecule has 2 heterocycles. The van der Waals surface area contributed by atoms with Crippen LogP contribution in [-0.4, -0.2) is 23.3 Å². The van der Waals surface area contributed by atoms with Crippen LogP contribution >= 0.6 is 0 Å². The minimum absolute atomic E-state index is 0.0153. The van der Waals surface area contributed by atoms with Gasteiger partial charge in [0.05, 0.1) is 16.8 Å². The second kappa shape index (κ2) is 6.84. The highest BCUT2D eigenvalue weighted by atomic mass is 19.4. The van der Waals surface area contributed by atoms with Gasteiger partial charge in [-0.2, -0.15) is 13.2 Å². The van der Waals surface area contributed by atoms with Gasteiger partial charge in [0.1, 0.15) is 12.4 Å². The number of alkyl halides is 3. The maximum atomic E-state index is 13.6. The molecule has 1 aliphatic rings. The number of ether oxygens (including phenoxy) is 1. The van der Waals surface area contributed by atoms with Gasteiger partial charge in [0.2, 0.25) is 0 Å². The maximum Gasteiger partial charge on any atom is 0.494 e. The molecule has 3 rings (SSSR count). The number of nitrogens with zero attached hydrogens (tertiary/aromatic N) is 1. The summed E-state index contributed by atoms with van der Waals surface area (Å²) in [5, 5.41) is 0. The van der Waals surface area contributed by atoms with Gasteiger partial charge in [-0.15, -0.1) is 0 Å². The average molecular weight is 379 g/mol. The van der Waals surface area contributed by atoms with Crippen LogP contribution in [0.15, 0.2) is 42.7 Å². The highest BCUT2D eigenvalue weighted by Crippen LogP contribution is 2.39. The van der Waals surface area contributed by atoms with Gasteiger partial charge in [0.15, 0.2) is 0 Å². The molecule has 0 spiro atoms. The number of hydrogen-bond donors (Lipinski definition) is 0. The molecule has 0 N–H and O–H groups in total. The first kappa shape index (κ1) is 19.7. The Bertz CT molecular complexity index is 794. The van der Waals surface area contributed by atoms with E-state index in [1.165, 1.54) is 6.07 Å². The Morgan fingerprint density at radius 1 is 1.00 bits per heavy atom. The number of pyridine rings is 1. The minimum atomic E-state index is -4.56. The summed E-state index contributed by atoms with van der Waals surface area (Å²) in [7, 11) is -0.870. The van der Waals surface area contributed by atoms with Crippen LogP contribution in [0.1, 0.15) is 38.8 Å². The van der Waals surface area contributed by atoms with Crippen LogP contribution in [0.25, 0.3) is 0 Å². The summed E-state index contributed by atoms with van der Waals surface area (Å²) in [6.07, 6.45) is -1.44. The molecule has 27 heavy (non-hydrogen) atoms. The Morgan fingerprint density at radius 3 is 2.15 bits per heavy atom. The van der Waals surface area contributed by atoms with Crippen LogP contribution < -0.4 is 10.2 Å². The van der Waals surface area contributed by atoms with Gasteiger partial charge in [0.25, 0.3) is 0 Å². The van der Waals surface area contributed by atoms with Gasteiger partial charge >= 0.3 is 13.3 Å². The van der Waals surface area contributed by atoms with Gasteiger partial charge in [-0.1, -0.05) is 6.07 Å². The first-order valence-corrected chi connectivity index (χ1v) is 8.58. The Balaban J connectivity index is 1.87. The fourth-order valence-electron chi connectivity index (χ4n) is 2.66. The van der Waals surface area contributed by atoms with Crippen LogP contribution in [0, 0.1) is 0 Å². The second-order valence-corrected chi connectivity index (χ2v) is 7.49. The van der Waals surface area contributed by atoms with Crippen molar-refractivity contribution in [3.8, 4) is 5.75 Å². The molecule has 1 aliphatic heterocycles. The molecule has 0 unspecified atom stereocenters. The fourth-order valence-corrected chi connectivity index (χ4v) is 2.66.